The van der Waals surface area contributed by atoms with E-state index in [-0.39, 0.29) is 31.4 Å². The summed E-state index contributed by atoms with van der Waals surface area (Å²) in [5.41, 5.74) is 1.07. The van der Waals surface area contributed by atoms with Crippen LogP contribution in [0.1, 0.15) is 21.9 Å². The van der Waals surface area contributed by atoms with Gasteiger partial charge in [0.25, 0.3) is 5.91 Å². The zero-order valence-electron chi connectivity index (χ0n) is 16.7. The molecule has 9 nitrogen and oxygen atoms in total. The van der Waals surface area contributed by atoms with E-state index in [1.54, 1.807) is 24.3 Å². The number of carbonyl (C=O) groups excluding carboxylic acids is 3. The van der Waals surface area contributed by atoms with Gasteiger partial charge in [-0.3, -0.25) is 9.59 Å². The molecule has 0 bridgehead atoms. The zero-order chi connectivity index (χ0) is 21.5. The maximum atomic E-state index is 12.5. The van der Waals surface area contributed by atoms with Crippen LogP contribution in [-0.4, -0.2) is 50.0 Å². The van der Waals surface area contributed by atoms with Gasteiger partial charge < -0.3 is 28.5 Å². The highest BCUT2D eigenvalue weighted by Gasteiger charge is 2.23. The molecule has 9 heteroatoms. The van der Waals surface area contributed by atoms with Crippen LogP contribution in [0.2, 0.25) is 0 Å². The number of benzene rings is 1. The summed E-state index contributed by atoms with van der Waals surface area (Å²) in [6, 6.07) is 10.6. The van der Waals surface area contributed by atoms with Gasteiger partial charge in [0.05, 0.1) is 26.0 Å². The van der Waals surface area contributed by atoms with Gasteiger partial charge in [-0.2, -0.15) is 0 Å². The molecule has 3 aromatic rings. The maximum Gasteiger partial charge on any atom is 0.375 e. The minimum absolute atomic E-state index is 0.00954. The molecule has 2 amide bonds. The molecule has 0 aliphatic heterocycles. The molecule has 0 aliphatic rings. The van der Waals surface area contributed by atoms with Crippen LogP contribution in [0.15, 0.2) is 51.5 Å². The van der Waals surface area contributed by atoms with Crippen LogP contribution >= 0.6 is 0 Å². The first-order valence-electron chi connectivity index (χ1n) is 9.19. The molecule has 30 heavy (non-hydrogen) atoms. The van der Waals surface area contributed by atoms with E-state index < -0.39 is 18.5 Å². The number of likely N-dealkylation sites (N-methyl/N-ethyl adjacent to an activating group) is 1. The van der Waals surface area contributed by atoms with Crippen molar-refractivity contribution in [1.82, 2.24) is 10.2 Å². The molecule has 1 aromatic carbocycles. The summed E-state index contributed by atoms with van der Waals surface area (Å²) in [5.74, 6) is -1.08. The summed E-state index contributed by atoms with van der Waals surface area (Å²) < 4.78 is 21.0. The Morgan fingerprint density at radius 2 is 1.93 bits per heavy atom. The van der Waals surface area contributed by atoms with Crippen LogP contribution in [-0.2, 0) is 32.2 Å². The van der Waals surface area contributed by atoms with E-state index in [0.29, 0.717) is 16.9 Å². The summed E-state index contributed by atoms with van der Waals surface area (Å²) in [6.07, 6.45) is 1.51. The number of hydrogen-bond acceptors (Lipinski definition) is 7. The maximum absolute atomic E-state index is 12.5. The lowest BCUT2D eigenvalue weighted by Gasteiger charge is -2.16. The molecule has 1 N–H and O–H groups in total. The Morgan fingerprint density at radius 1 is 1.13 bits per heavy atom. The van der Waals surface area contributed by atoms with Crippen molar-refractivity contribution in [3.63, 3.8) is 0 Å². The zero-order valence-corrected chi connectivity index (χ0v) is 16.7. The van der Waals surface area contributed by atoms with Crippen molar-refractivity contribution in [3.05, 3.63) is 59.7 Å². The Balaban J connectivity index is 1.53. The van der Waals surface area contributed by atoms with Gasteiger partial charge in [-0.05, 0) is 18.2 Å². The van der Waals surface area contributed by atoms with E-state index in [4.69, 9.17) is 18.3 Å². The monoisotopic (exact) mass is 414 g/mol. The predicted molar refractivity (Wildman–Crippen MR) is 105 cm³/mol. The number of para-hydroxylation sites is 1. The Kier molecular flexibility index (Phi) is 6.87. The lowest BCUT2D eigenvalue weighted by molar-refractivity contribution is -0.137. The van der Waals surface area contributed by atoms with Crippen molar-refractivity contribution < 1.29 is 32.7 Å². The second-order valence-electron chi connectivity index (χ2n) is 6.52. The third kappa shape index (κ3) is 5.06. The molecule has 0 radical (unpaired) electrons. The second kappa shape index (κ2) is 9.75. The number of furan rings is 2. The van der Waals surface area contributed by atoms with Crippen molar-refractivity contribution in [3.8, 4) is 0 Å². The van der Waals surface area contributed by atoms with Crippen LogP contribution < -0.4 is 5.32 Å². The number of amides is 2. The van der Waals surface area contributed by atoms with Crippen LogP contribution in [0.4, 0.5) is 0 Å². The largest absolute Gasteiger partial charge is 0.467 e. The molecule has 158 valence electrons. The first-order valence-corrected chi connectivity index (χ1v) is 9.19. The van der Waals surface area contributed by atoms with Crippen LogP contribution in [0.3, 0.4) is 0 Å². The van der Waals surface area contributed by atoms with Gasteiger partial charge in [0.15, 0.2) is 6.61 Å². The quantitative estimate of drug-likeness (QED) is 0.534. The molecular formula is C21H22N2O7. The van der Waals surface area contributed by atoms with E-state index in [9.17, 15) is 14.4 Å². The normalized spacial score (nSPS) is 10.7. The Morgan fingerprint density at radius 3 is 2.67 bits per heavy atom. The Bertz CT molecular complexity index is 1020. The number of hydrogen-bond donors (Lipinski definition) is 1. The second-order valence-corrected chi connectivity index (χ2v) is 6.52. The van der Waals surface area contributed by atoms with Gasteiger partial charge in [-0.15, -0.1) is 0 Å². The smallest absolute Gasteiger partial charge is 0.375 e. The topological polar surface area (TPSA) is 111 Å². The highest BCUT2D eigenvalue weighted by molar-refractivity contribution is 5.97. The van der Waals surface area contributed by atoms with E-state index in [1.807, 2.05) is 12.1 Å². The van der Waals surface area contributed by atoms with Gasteiger partial charge in [0.2, 0.25) is 11.7 Å². The van der Waals surface area contributed by atoms with Gasteiger partial charge >= 0.3 is 5.97 Å². The number of nitrogens with zero attached hydrogens (tertiary/aromatic N) is 1. The molecule has 0 fully saturated rings. The van der Waals surface area contributed by atoms with Crippen LogP contribution in [0.5, 0.6) is 0 Å². The van der Waals surface area contributed by atoms with E-state index in [2.05, 4.69) is 5.32 Å². The Labute approximate surface area is 172 Å². The SMILES string of the molecule is COCc1c(C(=O)OCC(=O)N(C)CC(=O)NCc2ccco2)oc2ccccc12. The van der Waals surface area contributed by atoms with Crippen molar-refractivity contribution in [1.29, 1.82) is 0 Å². The van der Waals surface area contributed by atoms with Crippen LogP contribution in [0.25, 0.3) is 11.0 Å². The van der Waals surface area contributed by atoms with Gasteiger partial charge in [-0.25, -0.2) is 4.79 Å². The summed E-state index contributed by atoms with van der Waals surface area (Å²) in [7, 11) is 2.95. The van der Waals surface area contributed by atoms with Crippen molar-refractivity contribution >= 4 is 28.8 Å². The van der Waals surface area contributed by atoms with Gasteiger partial charge in [-0.1, -0.05) is 18.2 Å². The molecule has 0 aliphatic carbocycles. The average molecular weight is 414 g/mol. The number of nitrogens with one attached hydrogen (secondary N) is 1. The third-order valence-corrected chi connectivity index (χ3v) is 4.35. The number of esters is 1. The predicted octanol–water partition coefficient (Wildman–Crippen LogP) is 2.10. The van der Waals surface area contributed by atoms with Crippen molar-refractivity contribution in [2.45, 2.75) is 13.2 Å². The number of fused-ring (bicyclic) bond motifs is 1. The molecule has 2 aromatic heterocycles. The fourth-order valence-corrected chi connectivity index (χ4v) is 2.81. The van der Waals surface area contributed by atoms with Crippen molar-refractivity contribution in [2.75, 3.05) is 27.3 Å². The van der Waals surface area contributed by atoms with E-state index >= 15 is 0 Å². The molecular weight excluding hydrogens is 392 g/mol. The summed E-state index contributed by atoms with van der Waals surface area (Å²) in [6.45, 7) is -0.330. The van der Waals surface area contributed by atoms with Crippen LogP contribution in [0, 0.1) is 0 Å². The standard InChI is InChI=1S/C21H22N2O7/c1-23(11-18(24)22-10-14-6-5-9-28-14)19(25)13-29-21(26)20-16(12-27-2)15-7-3-4-8-17(15)30-20/h3-9H,10-13H2,1-2H3,(H,22,24). The molecule has 0 spiro atoms. The molecule has 0 atom stereocenters. The summed E-state index contributed by atoms with van der Waals surface area (Å²) >= 11 is 0. The molecule has 0 saturated carbocycles. The molecule has 0 saturated heterocycles. The lowest BCUT2D eigenvalue weighted by atomic mass is 10.1. The Hall–Kier alpha value is -3.59. The van der Waals surface area contributed by atoms with Gasteiger partial charge in [0, 0.05) is 25.1 Å². The first-order chi connectivity index (χ1) is 14.5. The fraction of sp³-hybridized carbons (Fsp3) is 0.286. The average Bonchev–Trinajstić information content (AvgIpc) is 3.39. The van der Waals surface area contributed by atoms with Gasteiger partial charge in [0.1, 0.15) is 11.3 Å². The summed E-state index contributed by atoms with van der Waals surface area (Å²) in [5, 5.41) is 3.37. The lowest BCUT2D eigenvalue weighted by Crippen LogP contribution is -2.39. The fourth-order valence-electron chi connectivity index (χ4n) is 2.81. The molecule has 3 rings (SSSR count). The molecule has 0 unspecified atom stereocenters. The van der Waals surface area contributed by atoms with E-state index in [1.165, 1.54) is 25.3 Å². The molecule has 2 heterocycles. The number of rotatable bonds is 9. The van der Waals surface area contributed by atoms with E-state index in [0.717, 1.165) is 5.39 Å². The highest BCUT2D eigenvalue weighted by Crippen LogP contribution is 2.27. The number of methoxy groups -OCH3 is 1. The summed E-state index contributed by atoms with van der Waals surface area (Å²) in [4.78, 5) is 37.8. The van der Waals surface area contributed by atoms with Crippen molar-refractivity contribution in [2.24, 2.45) is 0 Å². The number of ether oxygens (including phenoxy) is 2. The highest BCUT2D eigenvalue weighted by atomic mass is 16.5. The first kappa shape index (κ1) is 21.1. The third-order valence-electron chi connectivity index (χ3n) is 4.35. The number of carbonyl (C=O) groups is 3. The minimum atomic E-state index is -0.776. The minimum Gasteiger partial charge on any atom is -0.467 e.